The average molecular weight is 163 g/mol. The van der Waals surface area contributed by atoms with E-state index in [2.05, 4.69) is 5.32 Å². The third-order valence-electron chi connectivity index (χ3n) is 2.18. The second-order valence-corrected chi connectivity index (χ2v) is 2.95. The van der Waals surface area contributed by atoms with Gasteiger partial charge in [0.25, 0.3) is 0 Å². The molecule has 12 heavy (non-hydrogen) atoms. The van der Waals surface area contributed by atoms with Gasteiger partial charge in [-0.2, -0.15) is 0 Å². The van der Waals surface area contributed by atoms with Crippen molar-refractivity contribution in [3.8, 4) is 5.75 Å². The molecule has 1 aromatic carbocycles. The molecule has 0 bridgehead atoms. The summed E-state index contributed by atoms with van der Waals surface area (Å²) in [6, 6.07) is 5.15. The second kappa shape index (κ2) is 2.24. The number of para-hydroxylation sites is 1. The van der Waals surface area contributed by atoms with Gasteiger partial charge in [-0.1, -0.05) is 12.1 Å². The SMILES string of the molecule is C[C@H]1C(=O)Nc2c(O)cccc21. The molecule has 1 aliphatic heterocycles. The normalized spacial score (nSPS) is 20.4. The van der Waals surface area contributed by atoms with Crippen LogP contribution in [-0.2, 0) is 4.79 Å². The summed E-state index contributed by atoms with van der Waals surface area (Å²) in [6.07, 6.45) is 0. The van der Waals surface area contributed by atoms with Gasteiger partial charge in [-0.05, 0) is 18.6 Å². The van der Waals surface area contributed by atoms with Crippen LogP contribution in [0.15, 0.2) is 18.2 Å². The van der Waals surface area contributed by atoms with Crippen LogP contribution in [-0.4, -0.2) is 11.0 Å². The van der Waals surface area contributed by atoms with Crippen molar-refractivity contribution in [1.29, 1.82) is 0 Å². The molecule has 1 heterocycles. The number of hydrogen-bond donors (Lipinski definition) is 2. The van der Waals surface area contributed by atoms with Gasteiger partial charge >= 0.3 is 0 Å². The Kier molecular flexibility index (Phi) is 1.33. The quantitative estimate of drug-likeness (QED) is 0.568. The lowest BCUT2D eigenvalue weighted by molar-refractivity contribution is -0.116. The van der Waals surface area contributed by atoms with Crippen LogP contribution < -0.4 is 5.32 Å². The lowest BCUT2D eigenvalue weighted by atomic mass is 10.0. The van der Waals surface area contributed by atoms with Crippen molar-refractivity contribution in [3.63, 3.8) is 0 Å². The molecule has 1 amide bonds. The summed E-state index contributed by atoms with van der Waals surface area (Å²) >= 11 is 0. The first-order chi connectivity index (χ1) is 5.70. The summed E-state index contributed by atoms with van der Waals surface area (Å²) in [4.78, 5) is 11.2. The molecular weight excluding hydrogens is 154 g/mol. The first kappa shape index (κ1) is 7.16. The maximum atomic E-state index is 11.2. The van der Waals surface area contributed by atoms with Crippen molar-refractivity contribution < 1.29 is 9.90 Å². The fraction of sp³-hybridized carbons (Fsp3) is 0.222. The van der Waals surface area contributed by atoms with E-state index >= 15 is 0 Å². The highest BCUT2D eigenvalue weighted by molar-refractivity contribution is 6.04. The van der Waals surface area contributed by atoms with Crippen LogP contribution in [0.1, 0.15) is 18.4 Å². The first-order valence-electron chi connectivity index (χ1n) is 3.83. The molecule has 1 aromatic rings. The van der Waals surface area contributed by atoms with E-state index in [0.717, 1.165) is 5.56 Å². The van der Waals surface area contributed by atoms with E-state index in [4.69, 9.17) is 0 Å². The van der Waals surface area contributed by atoms with E-state index in [0.29, 0.717) is 5.69 Å². The molecular formula is C9H9NO2. The lowest BCUT2D eigenvalue weighted by Crippen LogP contribution is -2.08. The Hall–Kier alpha value is -1.51. The smallest absolute Gasteiger partial charge is 0.231 e. The standard InChI is InChI=1S/C9H9NO2/c1-5-6-3-2-4-7(11)8(6)10-9(5)12/h2-5,11H,1H3,(H,10,12)/t5-/m1/s1. The van der Waals surface area contributed by atoms with Crippen LogP contribution in [0, 0.1) is 0 Å². The number of amides is 1. The molecule has 0 radical (unpaired) electrons. The van der Waals surface area contributed by atoms with Gasteiger partial charge < -0.3 is 10.4 Å². The molecule has 0 saturated heterocycles. The van der Waals surface area contributed by atoms with Crippen LogP contribution in [0.3, 0.4) is 0 Å². The highest BCUT2D eigenvalue weighted by atomic mass is 16.3. The van der Waals surface area contributed by atoms with Crippen molar-refractivity contribution in [1.82, 2.24) is 0 Å². The van der Waals surface area contributed by atoms with Crippen LogP contribution in [0.4, 0.5) is 5.69 Å². The van der Waals surface area contributed by atoms with Crippen molar-refractivity contribution in [2.75, 3.05) is 5.32 Å². The minimum absolute atomic E-state index is 0.0495. The number of hydrogen-bond acceptors (Lipinski definition) is 2. The van der Waals surface area contributed by atoms with E-state index in [1.807, 2.05) is 13.0 Å². The Balaban J connectivity index is 2.60. The fourth-order valence-corrected chi connectivity index (χ4v) is 1.43. The van der Waals surface area contributed by atoms with Crippen molar-refractivity contribution in [3.05, 3.63) is 23.8 Å². The van der Waals surface area contributed by atoms with Gasteiger partial charge in [-0.15, -0.1) is 0 Å². The largest absolute Gasteiger partial charge is 0.506 e. The number of benzene rings is 1. The van der Waals surface area contributed by atoms with Gasteiger partial charge in [-0.3, -0.25) is 4.79 Å². The highest BCUT2D eigenvalue weighted by Gasteiger charge is 2.27. The van der Waals surface area contributed by atoms with Crippen LogP contribution in [0.25, 0.3) is 0 Å². The zero-order chi connectivity index (χ0) is 8.72. The summed E-state index contributed by atoms with van der Waals surface area (Å²) < 4.78 is 0. The van der Waals surface area contributed by atoms with Crippen molar-refractivity contribution in [2.45, 2.75) is 12.8 Å². The maximum absolute atomic E-state index is 11.2. The first-order valence-corrected chi connectivity index (χ1v) is 3.83. The molecule has 0 fully saturated rings. The molecule has 3 heteroatoms. The Morgan fingerprint density at radius 1 is 1.50 bits per heavy atom. The fourth-order valence-electron chi connectivity index (χ4n) is 1.43. The predicted molar refractivity (Wildman–Crippen MR) is 45.2 cm³/mol. The molecule has 2 N–H and O–H groups in total. The lowest BCUT2D eigenvalue weighted by Gasteiger charge is -2.00. The number of rotatable bonds is 0. The molecule has 2 rings (SSSR count). The van der Waals surface area contributed by atoms with E-state index in [-0.39, 0.29) is 17.6 Å². The molecule has 0 aromatic heterocycles. The number of carbonyl (C=O) groups excluding carboxylic acids is 1. The van der Waals surface area contributed by atoms with Crippen LogP contribution >= 0.6 is 0 Å². The predicted octanol–water partition coefficient (Wildman–Crippen LogP) is 1.45. The summed E-state index contributed by atoms with van der Waals surface area (Å²) in [5.74, 6) is -0.0520. The maximum Gasteiger partial charge on any atom is 0.231 e. The number of anilines is 1. The zero-order valence-electron chi connectivity index (χ0n) is 6.66. The third-order valence-corrected chi connectivity index (χ3v) is 2.18. The summed E-state index contributed by atoms with van der Waals surface area (Å²) in [7, 11) is 0. The third kappa shape index (κ3) is 0.794. The summed E-state index contributed by atoms with van der Waals surface area (Å²) in [6.45, 7) is 1.82. The number of phenols is 1. The van der Waals surface area contributed by atoms with Crippen molar-refractivity contribution >= 4 is 11.6 Å². The number of phenolic OH excluding ortho intramolecular Hbond substituents is 1. The highest BCUT2D eigenvalue weighted by Crippen LogP contribution is 2.37. The van der Waals surface area contributed by atoms with Crippen molar-refractivity contribution in [2.24, 2.45) is 0 Å². The molecule has 1 atom stereocenters. The Labute approximate surface area is 70.0 Å². The molecule has 3 nitrogen and oxygen atoms in total. The Morgan fingerprint density at radius 3 is 2.92 bits per heavy atom. The minimum Gasteiger partial charge on any atom is -0.506 e. The molecule has 0 aliphatic carbocycles. The van der Waals surface area contributed by atoms with Crippen LogP contribution in [0.2, 0.25) is 0 Å². The van der Waals surface area contributed by atoms with Gasteiger partial charge in [0.05, 0.1) is 11.6 Å². The van der Waals surface area contributed by atoms with Gasteiger partial charge in [-0.25, -0.2) is 0 Å². The average Bonchev–Trinajstić information content (AvgIpc) is 2.32. The topological polar surface area (TPSA) is 49.3 Å². The zero-order valence-corrected chi connectivity index (χ0v) is 6.66. The molecule has 1 aliphatic rings. The van der Waals surface area contributed by atoms with Crippen LogP contribution in [0.5, 0.6) is 5.75 Å². The van der Waals surface area contributed by atoms with Gasteiger partial charge in [0.2, 0.25) is 5.91 Å². The minimum atomic E-state index is -0.146. The summed E-state index contributed by atoms with van der Waals surface area (Å²) in [5, 5.41) is 12.0. The monoisotopic (exact) mass is 163 g/mol. The Bertz CT molecular complexity index is 346. The molecule has 62 valence electrons. The number of nitrogens with one attached hydrogen (secondary N) is 1. The van der Waals surface area contributed by atoms with Gasteiger partial charge in [0, 0.05) is 0 Å². The molecule has 0 unspecified atom stereocenters. The van der Waals surface area contributed by atoms with Gasteiger partial charge in [0.15, 0.2) is 0 Å². The summed E-state index contributed by atoms with van der Waals surface area (Å²) in [5.41, 5.74) is 1.44. The van der Waals surface area contributed by atoms with E-state index in [1.165, 1.54) is 0 Å². The van der Waals surface area contributed by atoms with Gasteiger partial charge in [0.1, 0.15) is 5.75 Å². The van der Waals surface area contributed by atoms with E-state index in [9.17, 15) is 9.90 Å². The number of carbonyl (C=O) groups is 1. The molecule has 0 saturated carbocycles. The second-order valence-electron chi connectivity index (χ2n) is 2.95. The van der Waals surface area contributed by atoms with E-state index in [1.54, 1.807) is 12.1 Å². The molecule has 0 spiro atoms. The van der Waals surface area contributed by atoms with E-state index < -0.39 is 0 Å². The Morgan fingerprint density at radius 2 is 2.25 bits per heavy atom. The number of aromatic hydroxyl groups is 1. The number of fused-ring (bicyclic) bond motifs is 1.